The van der Waals surface area contributed by atoms with E-state index in [2.05, 4.69) is 4.98 Å². The van der Waals surface area contributed by atoms with Gasteiger partial charge in [0.15, 0.2) is 11.6 Å². The summed E-state index contributed by atoms with van der Waals surface area (Å²) in [5.41, 5.74) is 0.819. The van der Waals surface area contributed by atoms with E-state index in [0.717, 1.165) is 6.07 Å². The Hall–Kier alpha value is -1.81. The molecule has 0 atom stereocenters. The fourth-order valence-corrected chi connectivity index (χ4v) is 1.42. The number of rotatable bonds is 2. The van der Waals surface area contributed by atoms with E-state index < -0.39 is 11.6 Å². The molecule has 0 saturated carbocycles. The van der Waals surface area contributed by atoms with Crippen LogP contribution >= 0.6 is 0 Å². The maximum atomic E-state index is 13.4. The van der Waals surface area contributed by atoms with Crippen LogP contribution < -0.4 is 0 Å². The van der Waals surface area contributed by atoms with Crippen molar-refractivity contribution in [1.29, 1.82) is 0 Å². The van der Waals surface area contributed by atoms with Crippen LogP contribution in [-0.4, -0.2) is 10.1 Å². The van der Waals surface area contributed by atoms with E-state index in [-0.39, 0.29) is 12.2 Å². The van der Waals surface area contributed by atoms with E-state index in [9.17, 15) is 8.78 Å². The first-order valence-corrected chi connectivity index (χ1v) is 4.73. The first-order valence-electron chi connectivity index (χ1n) is 4.73. The van der Waals surface area contributed by atoms with E-state index in [1.807, 2.05) is 0 Å². The van der Waals surface area contributed by atoms with Crippen LogP contribution in [0.2, 0.25) is 0 Å². The Morgan fingerprint density at radius 3 is 2.56 bits per heavy atom. The lowest BCUT2D eigenvalue weighted by Crippen LogP contribution is -1.94. The minimum absolute atomic E-state index is 0.0929. The summed E-state index contributed by atoms with van der Waals surface area (Å²) in [6.45, 7) is -0.231. The average molecular weight is 221 g/mol. The second kappa shape index (κ2) is 4.37. The lowest BCUT2D eigenvalue weighted by atomic mass is 10.1. The molecule has 82 valence electrons. The molecule has 1 aromatic heterocycles. The molecular formula is C12H9F2NO. The molecule has 16 heavy (non-hydrogen) atoms. The fourth-order valence-electron chi connectivity index (χ4n) is 1.42. The molecule has 0 aliphatic carbocycles. The van der Waals surface area contributed by atoms with Crippen molar-refractivity contribution in [2.75, 3.05) is 0 Å². The molecule has 4 heteroatoms. The molecule has 0 amide bonds. The van der Waals surface area contributed by atoms with E-state index >= 15 is 0 Å². The third-order valence-corrected chi connectivity index (χ3v) is 2.20. The lowest BCUT2D eigenvalue weighted by molar-refractivity contribution is 0.277. The molecule has 0 spiro atoms. The number of aromatic nitrogens is 1. The highest BCUT2D eigenvalue weighted by atomic mass is 19.2. The molecule has 0 bridgehead atoms. The second-order valence-electron chi connectivity index (χ2n) is 3.27. The Morgan fingerprint density at radius 2 is 1.81 bits per heavy atom. The fraction of sp³-hybridized carbons (Fsp3) is 0.0833. The number of benzene rings is 1. The van der Waals surface area contributed by atoms with Gasteiger partial charge in [-0.2, -0.15) is 0 Å². The van der Waals surface area contributed by atoms with Crippen LogP contribution in [0.3, 0.4) is 0 Å². The van der Waals surface area contributed by atoms with Gasteiger partial charge in [-0.15, -0.1) is 0 Å². The molecule has 2 nitrogen and oxygen atoms in total. The third kappa shape index (κ3) is 1.92. The maximum absolute atomic E-state index is 13.4. The van der Waals surface area contributed by atoms with Gasteiger partial charge >= 0.3 is 0 Å². The van der Waals surface area contributed by atoms with Crippen molar-refractivity contribution in [1.82, 2.24) is 4.98 Å². The number of halogens is 2. The summed E-state index contributed by atoms with van der Waals surface area (Å²) in [7, 11) is 0. The molecule has 0 unspecified atom stereocenters. The molecule has 0 fully saturated rings. The summed E-state index contributed by atoms with van der Waals surface area (Å²) in [6.07, 6.45) is 0. The number of aliphatic hydroxyl groups is 1. The van der Waals surface area contributed by atoms with Crippen LogP contribution in [0, 0.1) is 11.6 Å². The van der Waals surface area contributed by atoms with Crippen molar-refractivity contribution in [3.05, 3.63) is 53.7 Å². The lowest BCUT2D eigenvalue weighted by Gasteiger charge is -2.04. The largest absolute Gasteiger partial charge is 0.390 e. The van der Waals surface area contributed by atoms with Crippen molar-refractivity contribution in [3.8, 4) is 11.3 Å². The Labute approximate surface area is 91.2 Å². The van der Waals surface area contributed by atoms with Gasteiger partial charge in [-0.05, 0) is 24.3 Å². The number of hydrogen-bond acceptors (Lipinski definition) is 2. The Morgan fingerprint density at radius 1 is 1.06 bits per heavy atom. The molecule has 0 radical (unpaired) electrons. The molecule has 2 rings (SSSR count). The van der Waals surface area contributed by atoms with E-state index in [1.165, 1.54) is 12.1 Å². The molecule has 1 N–H and O–H groups in total. The minimum Gasteiger partial charge on any atom is -0.390 e. The third-order valence-electron chi connectivity index (χ3n) is 2.20. The van der Waals surface area contributed by atoms with Gasteiger partial charge in [0, 0.05) is 5.56 Å². The van der Waals surface area contributed by atoms with Crippen LogP contribution in [0.4, 0.5) is 8.78 Å². The van der Waals surface area contributed by atoms with Crippen molar-refractivity contribution in [2.45, 2.75) is 6.61 Å². The highest BCUT2D eigenvalue weighted by Crippen LogP contribution is 2.22. The quantitative estimate of drug-likeness (QED) is 0.845. The van der Waals surface area contributed by atoms with Gasteiger partial charge in [-0.1, -0.05) is 12.1 Å². The summed E-state index contributed by atoms with van der Waals surface area (Å²) in [6, 6.07) is 8.73. The molecule has 0 aliphatic rings. The SMILES string of the molecule is OCc1cccc(-c2cccc(F)c2F)n1. The maximum Gasteiger partial charge on any atom is 0.168 e. The Bertz CT molecular complexity index is 514. The van der Waals surface area contributed by atoms with Gasteiger partial charge in [-0.25, -0.2) is 8.78 Å². The average Bonchev–Trinajstić information content (AvgIpc) is 2.33. The van der Waals surface area contributed by atoms with E-state index in [4.69, 9.17) is 5.11 Å². The zero-order valence-corrected chi connectivity index (χ0v) is 8.32. The topological polar surface area (TPSA) is 33.1 Å². The van der Waals surface area contributed by atoms with Crippen LogP contribution in [0.25, 0.3) is 11.3 Å². The molecule has 0 aliphatic heterocycles. The molecule has 1 heterocycles. The Balaban J connectivity index is 2.54. The second-order valence-corrected chi connectivity index (χ2v) is 3.27. The van der Waals surface area contributed by atoms with Crippen LogP contribution in [0.5, 0.6) is 0 Å². The zero-order chi connectivity index (χ0) is 11.5. The normalized spacial score (nSPS) is 10.4. The Kier molecular flexibility index (Phi) is 2.92. The van der Waals surface area contributed by atoms with Crippen LogP contribution in [0.1, 0.15) is 5.69 Å². The zero-order valence-electron chi connectivity index (χ0n) is 8.32. The number of hydrogen-bond donors (Lipinski definition) is 1. The number of nitrogens with zero attached hydrogens (tertiary/aromatic N) is 1. The van der Waals surface area contributed by atoms with Gasteiger partial charge in [0.05, 0.1) is 18.0 Å². The minimum atomic E-state index is -0.926. The molecular weight excluding hydrogens is 212 g/mol. The molecule has 1 aromatic carbocycles. The summed E-state index contributed by atoms with van der Waals surface area (Å²) in [5, 5.41) is 8.90. The number of pyridine rings is 1. The van der Waals surface area contributed by atoms with E-state index in [1.54, 1.807) is 18.2 Å². The van der Waals surface area contributed by atoms with Gasteiger partial charge in [0.1, 0.15) is 0 Å². The summed E-state index contributed by atoms with van der Waals surface area (Å²) in [5.74, 6) is -1.83. The summed E-state index contributed by atoms with van der Waals surface area (Å²) >= 11 is 0. The summed E-state index contributed by atoms with van der Waals surface area (Å²) < 4.78 is 26.4. The van der Waals surface area contributed by atoms with Gasteiger partial charge in [0.25, 0.3) is 0 Å². The van der Waals surface area contributed by atoms with Crippen LogP contribution in [-0.2, 0) is 6.61 Å². The van der Waals surface area contributed by atoms with Crippen molar-refractivity contribution in [3.63, 3.8) is 0 Å². The summed E-state index contributed by atoms with van der Waals surface area (Å²) in [4.78, 5) is 4.01. The van der Waals surface area contributed by atoms with E-state index in [0.29, 0.717) is 11.4 Å². The smallest absolute Gasteiger partial charge is 0.168 e. The van der Waals surface area contributed by atoms with Crippen molar-refractivity contribution < 1.29 is 13.9 Å². The first-order chi connectivity index (χ1) is 7.72. The first kappa shape index (κ1) is 10.7. The van der Waals surface area contributed by atoms with Crippen molar-refractivity contribution in [2.24, 2.45) is 0 Å². The molecule has 2 aromatic rings. The highest BCUT2D eigenvalue weighted by molar-refractivity contribution is 5.60. The standard InChI is InChI=1S/C12H9F2NO/c13-10-5-2-4-9(12(10)14)11-6-1-3-8(7-16)15-11/h1-6,16H,7H2. The monoisotopic (exact) mass is 221 g/mol. The van der Waals surface area contributed by atoms with Crippen molar-refractivity contribution >= 4 is 0 Å². The predicted octanol–water partition coefficient (Wildman–Crippen LogP) is 2.52. The highest BCUT2D eigenvalue weighted by Gasteiger charge is 2.10. The number of aliphatic hydroxyl groups excluding tert-OH is 1. The van der Waals surface area contributed by atoms with Gasteiger partial charge in [-0.3, -0.25) is 4.98 Å². The predicted molar refractivity (Wildman–Crippen MR) is 55.5 cm³/mol. The van der Waals surface area contributed by atoms with Gasteiger partial charge in [0.2, 0.25) is 0 Å². The molecule has 0 saturated heterocycles. The van der Waals surface area contributed by atoms with Gasteiger partial charge < -0.3 is 5.11 Å². The van der Waals surface area contributed by atoms with Crippen LogP contribution in [0.15, 0.2) is 36.4 Å².